The van der Waals surface area contributed by atoms with E-state index in [1.165, 1.54) is 0 Å². The summed E-state index contributed by atoms with van der Waals surface area (Å²) in [5.74, 6) is 1.98. The third kappa shape index (κ3) is 2.84. The Hall–Kier alpha value is -0.870. The average Bonchev–Trinajstić information content (AvgIpc) is 2.77. The molecule has 0 bridgehead atoms. The van der Waals surface area contributed by atoms with E-state index in [0.29, 0.717) is 11.2 Å². The van der Waals surface area contributed by atoms with Crippen molar-refractivity contribution in [3.05, 3.63) is 16.5 Å². The third-order valence-electron chi connectivity index (χ3n) is 3.76. The highest BCUT2D eigenvalue weighted by Gasteiger charge is 2.30. The summed E-state index contributed by atoms with van der Waals surface area (Å²) in [7, 11) is 2.06. The molecule has 1 aliphatic rings. The Kier molecular flexibility index (Phi) is 4.31. The first-order valence-corrected chi connectivity index (χ1v) is 7.18. The summed E-state index contributed by atoms with van der Waals surface area (Å²) < 4.78 is 5.64. The van der Waals surface area contributed by atoms with E-state index in [9.17, 15) is 0 Å². The molecule has 4 nitrogen and oxygen atoms in total. The Morgan fingerprint density at radius 1 is 1.37 bits per heavy atom. The van der Waals surface area contributed by atoms with E-state index < -0.39 is 0 Å². The normalized spacial score (nSPS) is 23.1. The van der Waals surface area contributed by atoms with Crippen LogP contribution in [0.15, 0.2) is 0 Å². The maximum absolute atomic E-state index is 6.24. The zero-order valence-electron chi connectivity index (χ0n) is 12.3. The van der Waals surface area contributed by atoms with Crippen molar-refractivity contribution >= 4 is 17.4 Å². The lowest BCUT2D eigenvalue weighted by Crippen LogP contribution is -2.38. The van der Waals surface area contributed by atoms with Crippen molar-refractivity contribution in [1.29, 1.82) is 0 Å². The number of aromatic nitrogens is 2. The molecule has 2 atom stereocenters. The summed E-state index contributed by atoms with van der Waals surface area (Å²) in [5, 5.41) is 0.548. The first-order valence-electron chi connectivity index (χ1n) is 6.80. The monoisotopic (exact) mass is 283 g/mol. The van der Waals surface area contributed by atoms with Crippen LogP contribution in [0, 0.1) is 6.92 Å². The first-order chi connectivity index (χ1) is 8.91. The van der Waals surface area contributed by atoms with Gasteiger partial charge in [-0.05, 0) is 20.3 Å². The first kappa shape index (κ1) is 14.5. The van der Waals surface area contributed by atoms with Crippen LogP contribution < -0.4 is 4.90 Å². The Labute approximate surface area is 120 Å². The quantitative estimate of drug-likeness (QED) is 0.799. The van der Waals surface area contributed by atoms with Gasteiger partial charge in [0.1, 0.15) is 16.8 Å². The smallest absolute Gasteiger partial charge is 0.137 e. The molecule has 0 N–H and O–H groups in total. The number of halogens is 1. The number of ether oxygens (including phenoxy) is 1. The second kappa shape index (κ2) is 5.63. The van der Waals surface area contributed by atoms with Crippen LogP contribution in [0.3, 0.4) is 0 Å². The molecule has 1 aromatic heterocycles. The molecule has 0 radical (unpaired) electrons. The highest BCUT2D eigenvalue weighted by atomic mass is 35.5. The molecule has 1 saturated heterocycles. The fourth-order valence-corrected chi connectivity index (χ4v) is 2.65. The molecule has 5 heteroatoms. The maximum Gasteiger partial charge on any atom is 0.137 e. The third-order valence-corrected chi connectivity index (χ3v) is 4.13. The minimum atomic E-state index is 0.223. The van der Waals surface area contributed by atoms with Gasteiger partial charge < -0.3 is 9.64 Å². The Bertz CT molecular complexity index is 464. The number of nitrogens with zero attached hydrogens (tertiary/aromatic N) is 3. The maximum atomic E-state index is 6.24. The van der Waals surface area contributed by atoms with Crippen LogP contribution in [-0.2, 0) is 4.74 Å². The van der Waals surface area contributed by atoms with Gasteiger partial charge in [0.25, 0.3) is 0 Å². The van der Waals surface area contributed by atoms with Gasteiger partial charge in [0.15, 0.2) is 0 Å². The summed E-state index contributed by atoms with van der Waals surface area (Å²) >= 11 is 6.24. The van der Waals surface area contributed by atoms with Gasteiger partial charge in [-0.1, -0.05) is 25.4 Å². The molecular weight excluding hydrogens is 262 g/mol. The Balaban J connectivity index is 2.37. The molecule has 2 unspecified atom stereocenters. The van der Waals surface area contributed by atoms with Gasteiger partial charge in [-0.15, -0.1) is 0 Å². The van der Waals surface area contributed by atoms with E-state index >= 15 is 0 Å². The lowest BCUT2D eigenvalue weighted by atomic mass is 10.1. The van der Waals surface area contributed by atoms with E-state index in [4.69, 9.17) is 16.3 Å². The van der Waals surface area contributed by atoms with E-state index in [1.807, 2.05) is 6.92 Å². The number of anilines is 1. The fourth-order valence-electron chi connectivity index (χ4n) is 2.48. The van der Waals surface area contributed by atoms with E-state index in [1.54, 1.807) is 0 Å². The highest BCUT2D eigenvalue weighted by molar-refractivity contribution is 6.30. The largest absolute Gasteiger partial charge is 0.376 e. The van der Waals surface area contributed by atoms with E-state index in [2.05, 4.69) is 42.7 Å². The molecule has 106 valence electrons. The van der Waals surface area contributed by atoms with Gasteiger partial charge in [0.05, 0.1) is 12.1 Å². The van der Waals surface area contributed by atoms with E-state index in [-0.39, 0.29) is 12.0 Å². The molecule has 19 heavy (non-hydrogen) atoms. The summed E-state index contributed by atoms with van der Waals surface area (Å²) in [6, 6.07) is 0.352. The van der Waals surface area contributed by atoms with Crippen molar-refractivity contribution in [1.82, 2.24) is 9.97 Å². The standard InChI is InChI=1S/C14H22ClN3O/c1-8(2)13-16-12(15)9(3)14(17-13)18(5)11-6-7-19-10(11)4/h8,10-11H,6-7H2,1-5H3. The van der Waals surface area contributed by atoms with Gasteiger partial charge in [-0.2, -0.15) is 0 Å². The topological polar surface area (TPSA) is 38.2 Å². The summed E-state index contributed by atoms with van der Waals surface area (Å²) in [5.41, 5.74) is 0.938. The van der Waals surface area contributed by atoms with Crippen LogP contribution >= 0.6 is 11.6 Å². The second-order valence-electron chi connectivity index (χ2n) is 5.52. The average molecular weight is 284 g/mol. The van der Waals surface area contributed by atoms with Crippen molar-refractivity contribution < 1.29 is 4.74 Å². The number of rotatable bonds is 3. The molecule has 1 aromatic rings. The number of hydrogen-bond donors (Lipinski definition) is 0. The Morgan fingerprint density at radius 3 is 2.58 bits per heavy atom. The molecule has 0 aliphatic carbocycles. The summed E-state index contributed by atoms with van der Waals surface area (Å²) in [6.45, 7) is 9.04. The summed E-state index contributed by atoms with van der Waals surface area (Å²) in [4.78, 5) is 11.2. The van der Waals surface area contributed by atoms with Crippen LogP contribution in [-0.4, -0.2) is 35.8 Å². The molecule has 0 saturated carbocycles. The van der Waals surface area contributed by atoms with Gasteiger partial charge in [0.2, 0.25) is 0 Å². The summed E-state index contributed by atoms with van der Waals surface area (Å²) in [6.07, 6.45) is 1.25. The number of hydrogen-bond acceptors (Lipinski definition) is 4. The second-order valence-corrected chi connectivity index (χ2v) is 5.88. The van der Waals surface area contributed by atoms with Crippen LogP contribution in [0.5, 0.6) is 0 Å². The molecule has 0 aromatic carbocycles. The highest BCUT2D eigenvalue weighted by Crippen LogP contribution is 2.29. The van der Waals surface area contributed by atoms with Gasteiger partial charge in [-0.3, -0.25) is 0 Å². The zero-order chi connectivity index (χ0) is 14.2. The van der Waals surface area contributed by atoms with Crippen LogP contribution in [0.25, 0.3) is 0 Å². The molecule has 2 heterocycles. The van der Waals surface area contributed by atoms with Gasteiger partial charge >= 0.3 is 0 Å². The number of likely N-dealkylation sites (N-methyl/N-ethyl adjacent to an activating group) is 1. The molecule has 0 amide bonds. The van der Waals surface area contributed by atoms with Gasteiger partial charge in [-0.25, -0.2) is 9.97 Å². The molecule has 1 fully saturated rings. The fraction of sp³-hybridized carbons (Fsp3) is 0.714. The lowest BCUT2D eigenvalue weighted by Gasteiger charge is -2.29. The SMILES string of the molecule is Cc1c(Cl)nc(C(C)C)nc1N(C)C1CCOC1C. The molecule has 1 aliphatic heterocycles. The van der Waals surface area contributed by atoms with Crippen molar-refractivity contribution in [3.63, 3.8) is 0 Å². The predicted octanol–water partition coefficient (Wildman–Crippen LogP) is 3.18. The minimum Gasteiger partial charge on any atom is -0.376 e. The van der Waals surface area contributed by atoms with Crippen molar-refractivity contribution in [2.45, 2.75) is 52.2 Å². The van der Waals surface area contributed by atoms with Crippen LogP contribution in [0.1, 0.15) is 44.5 Å². The predicted molar refractivity (Wildman–Crippen MR) is 78.1 cm³/mol. The van der Waals surface area contributed by atoms with Crippen LogP contribution in [0.4, 0.5) is 5.82 Å². The minimum absolute atomic E-state index is 0.223. The lowest BCUT2D eigenvalue weighted by molar-refractivity contribution is 0.118. The van der Waals surface area contributed by atoms with Crippen molar-refractivity contribution in [3.8, 4) is 0 Å². The van der Waals surface area contributed by atoms with Crippen molar-refractivity contribution in [2.24, 2.45) is 0 Å². The molecular formula is C14H22ClN3O. The van der Waals surface area contributed by atoms with Crippen molar-refractivity contribution in [2.75, 3.05) is 18.6 Å². The molecule has 2 rings (SSSR count). The zero-order valence-corrected chi connectivity index (χ0v) is 13.0. The van der Waals surface area contributed by atoms with Crippen LogP contribution in [0.2, 0.25) is 5.15 Å². The van der Waals surface area contributed by atoms with E-state index in [0.717, 1.165) is 30.2 Å². The Morgan fingerprint density at radius 2 is 2.05 bits per heavy atom. The molecule has 0 spiro atoms. The van der Waals surface area contributed by atoms with Gasteiger partial charge in [0, 0.05) is 25.1 Å².